The van der Waals surface area contributed by atoms with Crippen molar-refractivity contribution in [2.75, 3.05) is 66.0 Å². The van der Waals surface area contributed by atoms with Crippen molar-refractivity contribution in [1.82, 2.24) is 16.0 Å². The zero-order valence-electron chi connectivity index (χ0n) is 39.3. The van der Waals surface area contributed by atoms with Crippen molar-refractivity contribution in [2.45, 2.75) is 141 Å². The van der Waals surface area contributed by atoms with E-state index in [1.54, 1.807) is 12.1 Å². The van der Waals surface area contributed by atoms with Gasteiger partial charge in [-0.2, -0.15) is 0 Å². The average molecular weight is 950 g/mol. The topological polar surface area (TPSA) is 279 Å². The number of aromatic carboxylic acids is 1. The standard InChI is InChI=1S/C48H75N3O16/c1-3-13-41(49-2)43(54)25-20-36(46(57)58)14-8-7-9-15-39(53)34-65-32-31-64-29-26-50-45(56)35-66-33-30-63-27-12-16-38(52)21-24-42(48(61)62)51-44(55)17-10-5-4-6-11-28-67-40-22-18-37(19-23-40)47(59)60/h2,18-19,22-23,36,41-42,49H,3-17,20-21,24-35H2,1H3,(H,50,56)(H,51,55)(H,57,58)(H,59,60)(H,61,62)/t36-,41+,42+/m1/s1. The second kappa shape index (κ2) is 39.2. The van der Waals surface area contributed by atoms with Crippen LogP contribution in [0.5, 0.6) is 5.75 Å². The molecule has 0 aromatic heterocycles. The molecule has 378 valence electrons. The van der Waals surface area contributed by atoms with Crippen molar-refractivity contribution < 1.29 is 77.4 Å². The molecule has 0 aliphatic heterocycles. The van der Waals surface area contributed by atoms with E-state index in [4.69, 9.17) is 35.8 Å². The smallest absolute Gasteiger partial charge is 0.335 e. The van der Waals surface area contributed by atoms with Crippen LogP contribution in [-0.4, -0.2) is 140 Å². The van der Waals surface area contributed by atoms with Gasteiger partial charge >= 0.3 is 17.9 Å². The van der Waals surface area contributed by atoms with Crippen molar-refractivity contribution in [1.29, 1.82) is 0 Å². The molecule has 1 aromatic rings. The monoisotopic (exact) mass is 950 g/mol. The number of ketones is 3. The summed E-state index contributed by atoms with van der Waals surface area (Å²) in [5.41, 5.74) is 0.192. The molecule has 0 spiro atoms. The maximum Gasteiger partial charge on any atom is 0.335 e. The van der Waals surface area contributed by atoms with Crippen LogP contribution in [0.15, 0.2) is 24.3 Å². The molecule has 0 heterocycles. The average Bonchev–Trinajstić information content (AvgIpc) is 3.30. The predicted molar refractivity (Wildman–Crippen MR) is 246 cm³/mol. The minimum atomic E-state index is -1.20. The van der Waals surface area contributed by atoms with Gasteiger partial charge in [-0.1, -0.05) is 45.4 Å². The fourth-order valence-electron chi connectivity index (χ4n) is 6.70. The molecule has 0 aliphatic carbocycles. The van der Waals surface area contributed by atoms with Crippen LogP contribution < -0.4 is 20.7 Å². The summed E-state index contributed by atoms with van der Waals surface area (Å²) in [6.45, 7) is 3.81. The van der Waals surface area contributed by atoms with Gasteiger partial charge in [-0.3, -0.25) is 28.8 Å². The number of hydrogen-bond acceptors (Lipinski definition) is 14. The van der Waals surface area contributed by atoms with E-state index in [1.807, 2.05) is 6.92 Å². The van der Waals surface area contributed by atoms with E-state index in [1.165, 1.54) is 12.1 Å². The van der Waals surface area contributed by atoms with Crippen molar-refractivity contribution in [3.8, 4) is 5.75 Å². The molecule has 0 saturated carbocycles. The molecule has 6 N–H and O–H groups in total. The second-order valence-electron chi connectivity index (χ2n) is 16.2. The number of carboxylic acid groups (broad SMARTS) is 3. The molecular formula is C48H75N3O16. The van der Waals surface area contributed by atoms with Crippen LogP contribution in [0.3, 0.4) is 0 Å². The minimum Gasteiger partial charge on any atom is -0.494 e. The number of aliphatic carboxylic acids is 2. The van der Waals surface area contributed by atoms with Gasteiger partial charge < -0.3 is 55.0 Å². The van der Waals surface area contributed by atoms with Crippen LogP contribution in [0.25, 0.3) is 0 Å². The first kappa shape index (κ1) is 60.2. The molecule has 67 heavy (non-hydrogen) atoms. The van der Waals surface area contributed by atoms with Gasteiger partial charge in [-0.05, 0) is 75.6 Å². The summed E-state index contributed by atoms with van der Waals surface area (Å²) in [6.07, 6.45) is 9.27. The van der Waals surface area contributed by atoms with Gasteiger partial charge in [0.1, 0.15) is 36.6 Å². The minimum absolute atomic E-state index is 0.00604. The lowest BCUT2D eigenvalue weighted by molar-refractivity contribution is -0.143. The van der Waals surface area contributed by atoms with Crippen LogP contribution in [0.1, 0.15) is 139 Å². The Morgan fingerprint density at radius 1 is 0.552 bits per heavy atom. The lowest BCUT2D eigenvalue weighted by atomic mass is 9.93. The Kier molecular flexibility index (Phi) is 35.2. The molecule has 0 fully saturated rings. The summed E-state index contributed by atoms with van der Waals surface area (Å²) >= 11 is 0. The van der Waals surface area contributed by atoms with E-state index in [0.29, 0.717) is 63.7 Å². The number of carbonyl (C=O) groups excluding carboxylic acids is 5. The maximum atomic E-state index is 12.3. The Morgan fingerprint density at radius 3 is 1.85 bits per heavy atom. The highest BCUT2D eigenvalue weighted by Crippen LogP contribution is 2.19. The van der Waals surface area contributed by atoms with Gasteiger partial charge in [0.15, 0.2) is 5.78 Å². The van der Waals surface area contributed by atoms with Gasteiger partial charge in [0.05, 0.1) is 57.2 Å². The first-order valence-electron chi connectivity index (χ1n) is 23.6. The molecule has 3 atom stereocenters. The predicted octanol–water partition coefficient (Wildman–Crippen LogP) is 4.98. The van der Waals surface area contributed by atoms with Crippen molar-refractivity contribution in [3.63, 3.8) is 0 Å². The number of Topliss-reactive ketones (excluding diaryl/α,β-unsaturated/α-hetero) is 3. The van der Waals surface area contributed by atoms with E-state index in [0.717, 1.165) is 32.1 Å². The number of benzene rings is 1. The normalized spacial score (nSPS) is 12.4. The highest BCUT2D eigenvalue weighted by Gasteiger charge is 2.23. The lowest BCUT2D eigenvalue weighted by Gasteiger charge is -2.16. The molecule has 0 unspecified atom stereocenters. The summed E-state index contributed by atoms with van der Waals surface area (Å²) < 4.78 is 27.1. The fraction of sp³-hybridized carbons (Fsp3) is 0.688. The molecule has 0 aliphatic rings. The Morgan fingerprint density at radius 2 is 1.18 bits per heavy atom. The number of carboxylic acids is 3. The number of carbonyl (C=O) groups is 8. The number of amides is 2. The van der Waals surface area contributed by atoms with E-state index >= 15 is 0 Å². The van der Waals surface area contributed by atoms with Crippen molar-refractivity contribution in [3.05, 3.63) is 36.9 Å². The van der Waals surface area contributed by atoms with Gasteiger partial charge in [0, 0.05) is 52.3 Å². The first-order chi connectivity index (χ1) is 32.3. The largest absolute Gasteiger partial charge is 0.494 e. The maximum absolute atomic E-state index is 12.3. The number of nitrogens with one attached hydrogen (secondary N) is 3. The van der Waals surface area contributed by atoms with Crippen LogP contribution in [-0.2, 0) is 52.5 Å². The third-order valence-corrected chi connectivity index (χ3v) is 10.6. The number of hydrogen-bond donors (Lipinski definition) is 6. The zero-order chi connectivity index (χ0) is 49.5. The highest BCUT2D eigenvalue weighted by molar-refractivity contribution is 5.88. The molecule has 2 radical (unpaired) electrons. The summed E-state index contributed by atoms with van der Waals surface area (Å²) in [4.78, 5) is 95.2. The van der Waals surface area contributed by atoms with Crippen LogP contribution in [0.4, 0.5) is 0 Å². The van der Waals surface area contributed by atoms with Crippen LogP contribution >= 0.6 is 0 Å². The molecule has 19 heteroatoms. The zero-order valence-corrected chi connectivity index (χ0v) is 39.3. The summed E-state index contributed by atoms with van der Waals surface area (Å²) in [7, 11) is 5.43. The molecule has 1 aromatic carbocycles. The molecule has 0 saturated heterocycles. The molecule has 19 nitrogen and oxygen atoms in total. The first-order valence-corrected chi connectivity index (χ1v) is 23.6. The Balaban J connectivity index is 1.97. The van der Waals surface area contributed by atoms with Crippen LogP contribution in [0, 0.1) is 13.0 Å². The third kappa shape index (κ3) is 32.5. The van der Waals surface area contributed by atoms with E-state index in [-0.39, 0.29) is 133 Å². The third-order valence-electron chi connectivity index (χ3n) is 10.6. The van der Waals surface area contributed by atoms with Crippen molar-refractivity contribution >= 4 is 47.1 Å². The van der Waals surface area contributed by atoms with Gasteiger partial charge in [0.25, 0.3) is 0 Å². The summed E-state index contributed by atoms with van der Waals surface area (Å²) in [5.74, 6) is -4.13. The lowest BCUT2D eigenvalue weighted by Crippen LogP contribution is -2.41. The van der Waals surface area contributed by atoms with Crippen molar-refractivity contribution in [2.24, 2.45) is 5.92 Å². The van der Waals surface area contributed by atoms with E-state index in [2.05, 4.69) is 16.0 Å². The molecule has 2 amide bonds. The van der Waals surface area contributed by atoms with Gasteiger partial charge in [-0.25, -0.2) is 9.59 Å². The Hall–Kier alpha value is -4.82. The molecule has 1 rings (SSSR count). The van der Waals surface area contributed by atoms with E-state index < -0.39 is 35.9 Å². The highest BCUT2D eigenvalue weighted by atomic mass is 16.5. The van der Waals surface area contributed by atoms with Gasteiger partial charge in [0.2, 0.25) is 11.8 Å². The quantitative estimate of drug-likeness (QED) is 0.0371. The second-order valence-corrected chi connectivity index (χ2v) is 16.2. The SMILES string of the molecule is [CH]N[C@@H](CCC)C(=O)CC[C@@H](CCCCCC(=O)COCCOCCNC(=O)COCCOCCCC(=O)CC[C@H](NC(=O)CCCCCCCOc1ccc(C(=O)O)cc1)C(=O)O)C(=O)O. The van der Waals surface area contributed by atoms with Gasteiger partial charge in [-0.15, -0.1) is 0 Å². The molecular weight excluding hydrogens is 875 g/mol. The summed E-state index contributed by atoms with van der Waals surface area (Å²) in [6, 6.07) is 4.58. The Labute approximate surface area is 395 Å². The van der Waals surface area contributed by atoms with E-state index in [9.17, 15) is 48.6 Å². The molecule has 0 bridgehead atoms. The number of unbranched alkanes of at least 4 members (excludes halogenated alkanes) is 6. The number of rotatable bonds is 46. The van der Waals surface area contributed by atoms with Crippen LogP contribution in [0.2, 0.25) is 0 Å². The number of ether oxygens (including phenoxy) is 5. The fourth-order valence-corrected chi connectivity index (χ4v) is 6.70. The Bertz CT molecular complexity index is 1590. The summed E-state index contributed by atoms with van der Waals surface area (Å²) in [5, 5.41) is 35.7.